The first kappa shape index (κ1) is 17.1. The van der Waals surface area contributed by atoms with Gasteiger partial charge in [0.1, 0.15) is 0 Å². The zero-order chi connectivity index (χ0) is 17.1. The second kappa shape index (κ2) is 7.43. The maximum absolute atomic E-state index is 12.4. The van der Waals surface area contributed by atoms with Crippen LogP contribution in [0.3, 0.4) is 0 Å². The number of primary amides is 1. The summed E-state index contributed by atoms with van der Waals surface area (Å²) >= 11 is 6.12. The van der Waals surface area contributed by atoms with Gasteiger partial charge in [-0.1, -0.05) is 36.6 Å². The lowest BCUT2D eigenvalue weighted by Crippen LogP contribution is -2.52. The molecule has 0 aromatic heterocycles. The van der Waals surface area contributed by atoms with E-state index in [1.54, 1.807) is 0 Å². The van der Waals surface area contributed by atoms with Crippen molar-refractivity contribution in [1.82, 2.24) is 10.6 Å². The molecule has 0 heterocycles. The highest BCUT2D eigenvalue weighted by molar-refractivity contribution is 6.30. The summed E-state index contributed by atoms with van der Waals surface area (Å²) in [4.78, 5) is 23.4. The minimum absolute atomic E-state index is 0.0294. The lowest BCUT2D eigenvalue weighted by Gasteiger charge is -2.34. The Bertz CT molecular complexity index is 610. The average Bonchev–Trinajstić information content (AvgIpc) is 3.01. The van der Waals surface area contributed by atoms with Crippen molar-refractivity contribution < 1.29 is 9.59 Å². The quantitative estimate of drug-likeness (QED) is 0.763. The number of carbonyl (C=O) groups excluding carboxylic acids is 2. The van der Waals surface area contributed by atoms with Gasteiger partial charge >= 0.3 is 6.03 Å². The van der Waals surface area contributed by atoms with E-state index in [2.05, 4.69) is 10.6 Å². The highest BCUT2D eigenvalue weighted by Gasteiger charge is 2.35. The number of nitrogens with one attached hydrogen (secondary N) is 2. The van der Waals surface area contributed by atoms with Crippen molar-refractivity contribution >= 4 is 23.5 Å². The molecule has 2 aliphatic carbocycles. The number of carbonyl (C=O) groups is 2. The number of rotatable bonds is 5. The summed E-state index contributed by atoms with van der Waals surface area (Å²) < 4.78 is 0. The normalized spacial score (nSPS) is 24.9. The van der Waals surface area contributed by atoms with Crippen molar-refractivity contribution in [2.75, 3.05) is 0 Å². The van der Waals surface area contributed by atoms with Gasteiger partial charge in [0.25, 0.3) is 0 Å². The fourth-order valence-corrected chi connectivity index (χ4v) is 4.00. The lowest BCUT2D eigenvalue weighted by atomic mass is 9.80. The molecule has 1 aromatic carbocycles. The first-order valence-corrected chi connectivity index (χ1v) is 9.02. The average molecular weight is 350 g/mol. The SMILES string of the molecule is NC(=O)C1CC(NC(=O)N[C@H](c2cccc(Cl)c2)C2CCCC2)C1. The van der Waals surface area contributed by atoms with Gasteiger partial charge in [0, 0.05) is 17.0 Å². The molecule has 4 N–H and O–H groups in total. The molecule has 2 aliphatic rings. The van der Waals surface area contributed by atoms with Crippen LogP contribution >= 0.6 is 11.6 Å². The van der Waals surface area contributed by atoms with Gasteiger partial charge < -0.3 is 16.4 Å². The van der Waals surface area contributed by atoms with Gasteiger partial charge in [-0.05, 0) is 49.3 Å². The number of nitrogens with two attached hydrogens (primary N) is 1. The summed E-state index contributed by atoms with van der Waals surface area (Å²) in [7, 11) is 0. The van der Waals surface area contributed by atoms with E-state index in [1.807, 2.05) is 24.3 Å². The molecule has 3 amide bonds. The van der Waals surface area contributed by atoms with Crippen LogP contribution in [0.15, 0.2) is 24.3 Å². The zero-order valence-electron chi connectivity index (χ0n) is 13.6. The number of hydrogen-bond acceptors (Lipinski definition) is 2. The van der Waals surface area contributed by atoms with Crippen LogP contribution < -0.4 is 16.4 Å². The Labute approximate surface area is 147 Å². The number of urea groups is 1. The second-order valence-electron chi connectivity index (χ2n) is 6.96. The topological polar surface area (TPSA) is 84.2 Å². The van der Waals surface area contributed by atoms with Crippen LogP contribution in [0.5, 0.6) is 0 Å². The molecular formula is C18H24ClN3O2. The van der Waals surface area contributed by atoms with E-state index in [0.717, 1.165) is 18.4 Å². The van der Waals surface area contributed by atoms with Crippen molar-refractivity contribution in [3.05, 3.63) is 34.9 Å². The van der Waals surface area contributed by atoms with E-state index in [0.29, 0.717) is 23.8 Å². The molecule has 0 saturated heterocycles. The molecule has 130 valence electrons. The molecule has 0 radical (unpaired) electrons. The third kappa shape index (κ3) is 4.01. The van der Waals surface area contributed by atoms with Crippen LogP contribution in [0.25, 0.3) is 0 Å². The first-order valence-electron chi connectivity index (χ1n) is 8.64. The summed E-state index contributed by atoms with van der Waals surface area (Å²) in [6, 6.07) is 7.53. The van der Waals surface area contributed by atoms with Crippen LogP contribution in [0.4, 0.5) is 4.79 Å². The summed E-state index contributed by atoms with van der Waals surface area (Å²) in [6.07, 6.45) is 5.90. The Morgan fingerprint density at radius 2 is 1.92 bits per heavy atom. The molecule has 0 unspecified atom stereocenters. The summed E-state index contributed by atoms with van der Waals surface area (Å²) in [5, 5.41) is 6.75. The lowest BCUT2D eigenvalue weighted by molar-refractivity contribution is -0.124. The van der Waals surface area contributed by atoms with Gasteiger partial charge in [0.15, 0.2) is 0 Å². The van der Waals surface area contributed by atoms with Crippen LogP contribution in [0.2, 0.25) is 5.02 Å². The number of benzene rings is 1. The predicted molar refractivity (Wildman–Crippen MR) is 93.5 cm³/mol. The minimum atomic E-state index is -0.281. The molecule has 24 heavy (non-hydrogen) atoms. The van der Waals surface area contributed by atoms with Crippen molar-refractivity contribution in [2.45, 2.75) is 50.6 Å². The fourth-order valence-electron chi connectivity index (χ4n) is 3.80. The molecular weight excluding hydrogens is 326 g/mol. The van der Waals surface area contributed by atoms with Crippen molar-refractivity contribution in [1.29, 1.82) is 0 Å². The summed E-state index contributed by atoms with van der Waals surface area (Å²) in [5.74, 6) is 0.0547. The van der Waals surface area contributed by atoms with Crippen LogP contribution in [0.1, 0.15) is 50.1 Å². The Balaban J connectivity index is 1.61. The van der Waals surface area contributed by atoms with Crippen LogP contribution in [-0.4, -0.2) is 18.0 Å². The number of hydrogen-bond donors (Lipinski definition) is 3. The van der Waals surface area contributed by atoms with Gasteiger partial charge in [-0.15, -0.1) is 0 Å². The van der Waals surface area contributed by atoms with E-state index in [-0.39, 0.29) is 29.9 Å². The molecule has 2 fully saturated rings. The molecule has 1 atom stereocenters. The number of amides is 3. The molecule has 6 heteroatoms. The van der Waals surface area contributed by atoms with Crippen molar-refractivity contribution in [2.24, 2.45) is 17.6 Å². The van der Waals surface area contributed by atoms with Crippen LogP contribution in [-0.2, 0) is 4.79 Å². The highest BCUT2D eigenvalue weighted by atomic mass is 35.5. The van der Waals surface area contributed by atoms with E-state index < -0.39 is 0 Å². The van der Waals surface area contributed by atoms with E-state index >= 15 is 0 Å². The van der Waals surface area contributed by atoms with E-state index in [9.17, 15) is 9.59 Å². The van der Waals surface area contributed by atoms with E-state index in [4.69, 9.17) is 17.3 Å². The first-order chi connectivity index (χ1) is 11.5. The Kier molecular flexibility index (Phi) is 5.29. The van der Waals surface area contributed by atoms with Crippen LogP contribution in [0, 0.1) is 11.8 Å². The zero-order valence-corrected chi connectivity index (χ0v) is 14.4. The second-order valence-corrected chi connectivity index (χ2v) is 7.40. The van der Waals surface area contributed by atoms with Gasteiger partial charge in [0.2, 0.25) is 5.91 Å². The third-order valence-corrected chi connectivity index (χ3v) is 5.48. The summed E-state index contributed by atoms with van der Waals surface area (Å²) in [5.41, 5.74) is 6.31. The maximum Gasteiger partial charge on any atom is 0.315 e. The maximum atomic E-state index is 12.4. The molecule has 0 bridgehead atoms. The predicted octanol–water partition coefficient (Wildman–Crippen LogP) is 3.13. The monoisotopic (exact) mass is 349 g/mol. The third-order valence-electron chi connectivity index (χ3n) is 5.24. The smallest absolute Gasteiger partial charge is 0.315 e. The summed E-state index contributed by atoms with van der Waals surface area (Å²) in [6.45, 7) is 0. The Morgan fingerprint density at radius 1 is 1.21 bits per heavy atom. The number of halogens is 1. The van der Waals surface area contributed by atoms with Gasteiger partial charge in [-0.3, -0.25) is 4.79 Å². The van der Waals surface area contributed by atoms with Gasteiger partial charge in [-0.25, -0.2) is 4.79 Å². The minimum Gasteiger partial charge on any atom is -0.369 e. The molecule has 3 rings (SSSR count). The molecule has 5 nitrogen and oxygen atoms in total. The van der Waals surface area contributed by atoms with Gasteiger partial charge in [-0.2, -0.15) is 0 Å². The standard InChI is InChI=1S/C18H24ClN3O2/c19-14-7-3-6-12(8-14)16(11-4-1-2-5-11)22-18(24)21-15-9-13(10-15)17(20)23/h3,6-8,11,13,15-16H,1-2,4-5,9-10H2,(H2,20,23)(H2,21,22,24)/t13?,15?,16-/m0/s1. The molecule has 2 saturated carbocycles. The highest BCUT2D eigenvalue weighted by Crippen LogP contribution is 2.36. The van der Waals surface area contributed by atoms with Gasteiger partial charge in [0.05, 0.1) is 6.04 Å². The fraction of sp³-hybridized carbons (Fsp3) is 0.556. The molecule has 0 aliphatic heterocycles. The van der Waals surface area contributed by atoms with E-state index in [1.165, 1.54) is 12.8 Å². The Morgan fingerprint density at radius 3 is 2.54 bits per heavy atom. The van der Waals surface area contributed by atoms with Crippen molar-refractivity contribution in [3.8, 4) is 0 Å². The Hall–Kier alpha value is -1.75. The largest absolute Gasteiger partial charge is 0.369 e. The van der Waals surface area contributed by atoms with Crippen molar-refractivity contribution in [3.63, 3.8) is 0 Å². The molecule has 1 aromatic rings. The molecule has 0 spiro atoms.